The van der Waals surface area contributed by atoms with E-state index < -0.39 is 0 Å². The monoisotopic (exact) mass is 369 g/mol. The van der Waals surface area contributed by atoms with Gasteiger partial charge in [0.05, 0.1) is 12.2 Å². The van der Waals surface area contributed by atoms with E-state index in [4.69, 9.17) is 0 Å². The number of halogens is 1. The van der Waals surface area contributed by atoms with Crippen molar-refractivity contribution in [3.05, 3.63) is 51.4 Å². The Hall–Kier alpha value is -0.880. The third-order valence-electron chi connectivity index (χ3n) is 3.09. The molecule has 0 aliphatic carbocycles. The van der Waals surface area contributed by atoms with Gasteiger partial charge in [-0.2, -0.15) is 5.10 Å². The smallest absolute Gasteiger partial charge is 0.0608 e. The fourth-order valence-electron chi connectivity index (χ4n) is 2.10. The molecule has 0 bridgehead atoms. The fraction of sp³-hybridized carbons (Fsp3) is 0.400. The minimum atomic E-state index is 0.231. The average molecular weight is 369 g/mol. The Morgan fingerprint density at radius 2 is 2.16 bits per heavy atom. The van der Waals surface area contributed by atoms with Gasteiger partial charge < -0.3 is 5.32 Å². The molecule has 1 aromatic carbocycles. The van der Waals surface area contributed by atoms with Crippen LogP contribution in [-0.4, -0.2) is 16.3 Å². The van der Waals surface area contributed by atoms with Crippen molar-refractivity contribution in [3.8, 4) is 0 Å². The Morgan fingerprint density at radius 1 is 1.32 bits per heavy atom. The van der Waals surface area contributed by atoms with Crippen molar-refractivity contribution in [2.75, 3.05) is 6.54 Å². The quantitative estimate of drug-likeness (QED) is 0.789. The summed E-state index contributed by atoms with van der Waals surface area (Å²) < 4.78 is 3.24. The third-order valence-corrected chi connectivity index (χ3v) is 3.76. The number of rotatable bonds is 6. The second kappa shape index (κ2) is 7.05. The molecule has 1 N–H and O–H groups in total. The van der Waals surface area contributed by atoms with Crippen molar-refractivity contribution in [1.29, 1.82) is 0 Å². The molecule has 0 saturated carbocycles. The van der Waals surface area contributed by atoms with Crippen LogP contribution >= 0.6 is 22.6 Å². The van der Waals surface area contributed by atoms with E-state index in [2.05, 4.69) is 77.3 Å². The van der Waals surface area contributed by atoms with Crippen LogP contribution in [0, 0.1) is 3.57 Å². The van der Waals surface area contributed by atoms with E-state index in [9.17, 15) is 0 Å². The van der Waals surface area contributed by atoms with Gasteiger partial charge in [-0.05, 0) is 60.2 Å². The van der Waals surface area contributed by atoms with Gasteiger partial charge in [-0.3, -0.25) is 4.68 Å². The van der Waals surface area contributed by atoms with E-state index in [1.165, 1.54) is 14.7 Å². The summed E-state index contributed by atoms with van der Waals surface area (Å²) in [5.41, 5.74) is 2.54. The van der Waals surface area contributed by atoms with E-state index in [1.54, 1.807) is 0 Å². The molecule has 4 heteroatoms. The fourth-order valence-corrected chi connectivity index (χ4v) is 2.67. The average Bonchev–Trinajstić information content (AvgIpc) is 2.88. The lowest BCUT2D eigenvalue weighted by Crippen LogP contribution is -2.23. The number of hydrogen-bond acceptors (Lipinski definition) is 2. The molecule has 0 amide bonds. The lowest BCUT2D eigenvalue weighted by atomic mass is 10.0. The molecule has 0 aliphatic heterocycles. The molecule has 19 heavy (non-hydrogen) atoms. The molecule has 1 heterocycles. The van der Waals surface area contributed by atoms with Gasteiger partial charge in [-0.1, -0.05) is 19.1 Å². The molecular weight excluding hydrogens is 349 g/mol. The van der Waals surface area contributed by atoms with Gasteiger partial charge in [0, 0.05) is 21.9 Å². The summed E-state index contributed by atoms with van der Waals surface area (Å²) in [7, 11) is 0. The van der Waals surface area contributed by atoms with Gasteiger partial charge >= 0.3 is 0 Å². The minimum Gasteiger partial charge on any atom is -0.306 e. The van der Waals surface area contributed by atoms with Crippen LogP contribution in [0.25, 0.3) is 0 Å². The number of aryl methyl sites for hydroxylation is 1. The second-order valence-electron chi connectivity index (χ2n) is 4.57. The number of benzene rings is 1. The Balaban J connectivity index is 2.29. The summed E-state index contributed by atoms with van der Waals surface area (Å²) in [5, 5.41) is 8.00. The first kappa shape index (κ1) is 14.5. The van der Waals surface area contributed by atoms with Crippen LogP contribution in [0.3, 0.4) is 0 Å². The van der Waals surface area contributed by atoms with Gasteiger partial charge in [0.2, 0.25) is 0 Å². The lowest BCUT2D eigenvalue weighted by Gasteiger charge is -2.18. The van der Waals surface area contributed by atoms with E-state index in [-0.39, 0.29) is 6.04 Å². The Bertz CT molecular complexity index is 522. The molecule has 2 aromatic rings. The molecule has 0 spiro atoms. The molecule has 0 saturated heterocycles. The van der Waals surface area contributed by atoms with E-state index in [0.717, 1.165) is 19.5 Å². The third kappa shape index (κ3) is 3.79. The zero-order valence-electron chi connectivity index (χ0n) is 11.4. The maximum Gasteiger partial charge on any atom is 0.0608 e. The molecule has 1 atom stereocenters. The Morgan fingerprint density at radius 3 is 2.79 bits per heavy atom. The van der Waals surface area contributed by atoms with Crippen molar-refractivity contribution in [1.82, 2.24) is 15.1 Å². The van der Waals surface area contributed by atoms with Crippen molar-refractivity contribution < 1.29 is 0 Å². The predicted octanol–water partition coefficient (Wildman–Crippen LogP) is 3.60. The number of nitrogens with zero attached hydrogens (tertiary/aromatic N) is 2. The van der Waals surface area contributed by atoms with Crippen LogP contribution in [0.4, 0.5) is 0 Å². The number of aromatic nitrogens is 2. The zero-order chi connectivity index (χ0) is 13.7. The highest BCUT2D eigenvalue weighted by atomic mass is 127. The van der Waals surface area contributed by atoms with Gasteiger partial charge in [-0.15, -0.1) is 0 Å². The summed E-state index contributed by atoms with van der Waals surface area (Å²) in [5.74, 6) is 0. The van der Waals surface area contributed by atoms with Gasteiger partial charge in [0.1, 0.15) is 0 Å². The number of nitrogens with one attached hydrogen (secondary N) is 1. The standard InChI is InChI=1S/C15H20IN3/c1-3-8-17-15(12-6-5-7-14(16)9-12)13-10-18-19(4-2)11-13/h5-7,9-11,15,17H,3-4,8H2,1-2H3. The molecule has 102 valence electrons. The zero-order valence-corrected chi connectivity index (χ0v) is 13.6. The lowest BCUT2D eigenvalue weighted by molar-refractivity contribution is 0.596. The summed E-state index contributed by atoms with van der Waals surface area (Å²) in [6, 6.07) is 8.88. The molecule has 1 aromatic heterocycles. The first-order valence-electron chi connectivity index (χ1n) is 6.75. The highest BCUT2D eigenvalue weighted by Gasteiger charge is 2.15. The van der Waals surface area contributed by atoms with Gasteiger partial charge in [0.25, 0.3) is 0 Å². The molecular formula is C15H20IN3. The number of hydrogen-bond donors (Lipinski definition) is 1. The largest absolute Gasteiger partial charge is 0.306 e. The van der Waals surface area contributed by atoms with E-state index >= 15 is 0 Å². The SMILES string of the molecule is CCCNC(c1cccc(I)c1)c1cnn(CC)c1. The second-order valence-corrected chi connectivity index (χ2v) is 5.82. The van der Waals surface area contributed by atoms with Crippen LogP contribution in [0.1, 0.15) is 37.4 Å². The van der Waals surface area contributed by atoms with E-state index in [1.807, 2.05) is 10.9 Å². The van der Waals surface area contributed by atoms with Gasteiger partial charge in [0.15, 0.2) is 0 Å². The van der Waals surface area contributed by atoms with Crippen LogP contribution in [-0.2, 0) is 6.54 Å². The van der Waals surface area contributed by atoms with Crippen LogP contribution in [0.5, 0.6) is 0 Å². The van der Waals surface area contributed by atoms with Crippen molar-refractivity contribution in [2.45, 2.75) is 32.9 Å². The van der Waals surface area contributed by atoms with Gasteiger partial charge in [-0.25, -0.2) is 0 Å². The first-order chi connectivity index (χ1) is 9.24. The molecule has 0 aliphatic rings. The Kier molecular flexibility index (Phi) is 5.39. The normalized spacial score (nSPS) is 12.6. The molecule has 1 unspecified atom stereocenters. The summed E-state index contributed by atoms with van der Waals surface area (Å²) in [6.45, 7) is 6.21. The van der Waals surface area contributed by atoms with Crippen LogP contribution in [0.2, 0.25) is 0 Å². The molecule has 0 radical (unpaired) electrons. The maximum absolute atomic E-state index is 4.39. The Labute approximate surface area is 128 Å². The summed E-state index contributed by atoms with van der Waals surface area (Å²) in [4.78, 5) is 0. The molecule has 3 nitrogen and oxygen atoms in total. The molecule has 2 rings (SSSR count). The predicted molar refractivity (Wildman–Crippen MR) is 87.2 cm³/mol. The van der Waals surface area contributed by atoms with Crippen molar-refractivity contribution >= 4 is 22.6 Å². The maximum atomic E-state index is 4.39. The van der Waals surface area contributed by atoms with Crippen LogP contribution in [0.15, 0.2) is 36.7 Å². The topological polar surface area (TPSA) is 29.9 Å². The minimum absolute atomic E-state index is 0.231. The summed E-state index contributed by atoms with van der Waals surface area (Å²) >= 11 is 2.36. The van der Waals surface area contributed by atoms with Crippen molar-refractivity contribution in [2.24, 2.45) is 0 Å². The van der Waals surface area contributed by atoms with Crippen molar-refractivity contribution in [3.63, 3.8) is 0 Å². The summed E-state index contributed by atoms with van der Waals surface area (Å²) in [6.07, 6.45) is 5.23. The first-order valence-corrected chi connectivity index (χ1v) is 7.83. The highest BCUT2D eigenvalue weighted by molar-refractivity contribution is 14.1. The van der Waals surface area contributed by atoms with Crippen LogP contribution < -0.4 is 5.32 Å². The highest BCUT2D eigenvalue weighted by Crippen LogP contribution is 2.23. The molecule has 0 fully saturated rings. The van der Waals surface area contributed by atoms with E-state index in [0.29, 0.717) is 0 Å².